The fourth-order valence-electron chi connectivity index (χ4n) is 7.08. The molecule has 3 aliphatic heterocycles. The molecule has 206 valence electrons. The number of carbonyl (C=O) groups is 3. The van der Waals surface area contributed by atoms with E-state index in [1.165, 1.54) is 11.8 Å². The topological polar surface area (TPSA) is 113 Å². The number of anilines is 2. The molecule has 4 atom stereocenters. The zero-order valence-corrected chi connectivity index (χ0v) is 22.9. The standard InChI is InChI=1S/C32H29N5O4/c1-17(2)16-24-26-27(30(41)36(29(26)40)20-14-12-19(13-15-20)33-18(3)38)32(35-24)22-9-5-7-11-25(22)37-28(39)21-8-4-6-10-23(21)34-31(32)37/h4-15,17,24,26-27,35H,16H2,1-3H3,(H,33,38)/t24-,26-,27-,32+/m1/s1. The molecule has 2 fully saturated rings. The lowest BCUT2D eigenvalue weighted by Crippen LogP contribution is -2.50. The zero-order chi connectivity index (χ0) is 28.6. The van der Waals surface area contributed by atoms with E-state index in [9.17, 15) is 19.2 Å². The molecule has 0 aliphatic carbocycles. The Morgan fingerprint density at radius 3 is 2.41 bits per heavy atom. The van der Waals surface area contributed by atoms with Gasteiger partial charge in [-0.1, -0.05) is 44.2 Å². The van der Waals surface area contributed by atoms with E-state index < -0.39 is 17.4 Å². The Labute approximate surface area is 236 Å². The Morgan fingerprint density at radius 2 is 1.68 bits per heavy atom. The van der Waals surface area contributed by atoms with Crippen molar-refractivity contribution in [1.29, 1.82) is 0 Å². The highest BCUT2D eigenvalue weighted by molar-refractivity contribution is 6.23. The van der Waals surface area contributed by atoms with Crippen molar-refractivity contribution in [3.63, 3.8) is 0 Å². The van der Waals surface area contributed by atoms with Crippen LogP contribution in [-0.2, 0) is 19.9 Å². The molecule has 0 saturated carbocycles. The number of benzene rings is 3. The van der Waals surface area contributed by atoms with E-state index in [4.69, 9.17) is 4.98 Å². The highest BCUT2D eigenvalue weighted by Crippen LogP contribution is 2.56. The number of fused-ring (bicyclic) bond motifs is 8. The molecule has 9 nitrogen and oxygen atoms in total. The predicted octanol–water partition coefficient (Wildman–Crippen LogP) is 3.72. The van der Waals surface area contributed by atoms with E-state index in [0.717, 1.165) is 5.56 Å². The Morgan fingerprint density at radius 1 is 0.976 bits per heavy atom. The molecule has 4 heterocycles. The van der Waals surface area contributed by atoms with E-state index in [-0.39, 0.29) is 35.2 Å². The van der Waals surface area contributed by atoms with Gasteiger partial charge in [0.2, 0.25) is 17.7 Å². The van der Waals surface area contributed by atoms with Crippen LogP contribution in [0.2, 0.25) is 0 Å². The quantitative estimate of drug-likeness (QED) is 0.377. The molecule has 1 spiro atoms. The van der Waals surface area contributed by atoms with Crippen molar-refractivity contribution in [3.05, 3.63) is 94.5 Å². The molecule has 3 aromatic carbocycles. The average Bonchev–Trinajstić information content (AvgIpc) is 3.52. The number of hydrogen-bond acceptors (Lipinski definition) is 6. The van der Waals surface area contributed by atoms with Crippen LogP contribution in [-0.4, -0.2) is 33.3 Å². The lowest BCUT2D eigenvalue weighted by Gasteiger charge is -2.32. The summed E-state index contributed by atoms with van der Waals surface area (Å²) < 4.78 is 1.61. The molecule has 7 rings (SSSR count). The highest BCUT2D eigenvalue weighted by atomic mass is 16.2. The van der Waals surface area contributed by atoms with Gasteiger partial charge < -0.3 is 5.32 Å². The normalized spacial score (nSPS) is 24.3. The number of aromatic nitrogens is 2. The summed E-state index contributed by atoms with van der Waals surface area (Å²) in [6.07, 6.45) is 0.664. The summed E-state index contributed by atoms with van der Waals surface area (Å²) in [4.78, 5) is 60.4. The number of imide groups is 1. The largest absolute Gasteiger partial charge is 0.326 e. The van der Waals surface area contributed by atoms with E-state index in [1.54, 1.807) is 41.0 Å². The monoisotopic (exact) mass is 547 g/mol. The Hall–Kier alpha value is -4.63. The smallest absolute Gasteiger partial charge is 0.266 e. The second-order valence-corrected chi connectivity index (χ2v) is 11.5. The van der Waals surface area contributed by atoms with Gasteiger partial charge in [0.1, 0.15) is 11.4 Å². The maximum atomic E-state index is 14.5. The van der Waals surface area contributed by atoms with Crippen molar-refractivity contribution < 1.29 is 14.4 Å². The molecule has 3 amide bonds. The first-order valence-corrected chi connectivity index (χ1v) is 13.9. The molecular formula is C32H29N5O4. The van der Waals surface area contributed by atoms with Crippen LogP contribution in [0.5, 0.6) is 0 Å². The molecule has 2 saturated heterocycles. The molecule has 3 aliphatic rings. The van der Waals surface area contributed by atoms with Gasteiger partial charge in [0.25, 0.3) is 5.56 Å². The fourth-order valence-corrected chi connectivity index (χ4v) is 7.08. The van der Waals surface area contributed by atoms with Crippen LogP contribution >= 0.6 is 0 Å². The molecule has 2 N–H and O–H groups in total. The molecule has 0 unspecified atom stereocenters. The number of amides is 3. The lowest BCUT2D eigenvalue weighted by molar-refractivity contribution is -0.123. The molecule has 0 bridgehead atoms. The first-order valence-electron chi connectivity index (χ1n) is 13.9. The summed E-state index contributed by atoms with van der Waals surface area (Å²) in [5.41, 5.74) is 1.63. The van der Waals surface area contributed by atoms with E-state index >= 15 is 0 Å². The third-order valence-electron chi connectivity index (χ3n) is 8.53. The summed E-state index contributed by atoms with van der Waals surface area (Å²) in [6, 6.07) is 21.2. The third-order valence-corrected chi connectivity index (χ3v) is 8.53. The van der Waals surface area contributed by atoms with Crippen molar-refractivity contribution in [2.75, 3.05) is 10.2 Å². The van der Waals surface area contributed by atoms with Crippen LogP contribution in [0.4, 0.5) is 11.4 Å². The van der Waals surface area contributed by atoms with Crippen LogP contribution in [0.3, 0.4) is 0 Å². The van der Waals surface area contributed by atoms with E-state index in [0.29, 0.717) is 40.2 Å². The number of rotatable bonds is 4. The number of nitrogens with zero attached hydrogens (tertiary/aromatic N) is 3. The van der Waals surface area contributed by atoms with Gasteiger partial charge in [-0.15, -0.1) is 0 Å². The Bertz CT molecular complexity index is 1830. The van der Waals surface area contributed by atoms with E-state index in [2.05, 4.69) is 24.5 Å². The van der Waals surface area contributed by atoms with Crippen molar-refractivity contribution in [3.8, 4) is 5.69 Å². The van der Waals surface area contributed by atoms with Crippen LogP contribution in [0.15, 0.2) is 77.6 Å². The van der Waals surface area contributed by atoms with Gasteiger partial charge in [0, 0.05) is 24.2 Å². The van der Waals surface area contributed by atoms with Gasteiger partial charge in [-0.25, -0.2) is 9.88 Å². The molecule has 9 heteroatoms. The van der Waals surface area contributed by atoms with Crippen LogP contribution < -0.4 is 21.1 Å². The van der Waals surface area contributed by atoms with Gasteiger partial charge in [0.15, 0.2) is 0 Å². The second-order valence-electron chi connectivity index (χ2n) is 11.5. The number of hydrogen-bond donors (Lipinski definition) is 2. The maximum absolute atomic E-state index is 14.5. The lowest BCUT2D eigenvalue weighted by atomic mass is 9.75. The number of carbonyl (C=O) groups excluding carboxylic acids is 3. The SMILES string of the molecule is CC(=O)Nc1ccc(N2C(=O)[C@@H]3[C@@H](CC(C)C)N[C@@]4(c5ccccc5-n5c4nc4ccccc4c5=O)[C@H]3C2=O)cc1. The van der Waals surface area contributed by atoms with Crippen molar-refractivity contribution in [2.45, 2.75) is 38.8 Å². The average molecular weight is 548 g/mol. The summed E-state index contributed by atoms with van der Waals surface area (Å²) >= 11 is 0. The first-order chi connectivity index (χ1) is 19.7. The van der Waals surface area contributed by atoms with Crippen LogP contribution in [0.1, 0.15) is 38.6 Å². The highest BCUT2D eigenvalue weighted by Gasteiger charge is 2.69. The zero-order valence-electron chi connectivity index (χ0n) is 22.9. The maximum Gasteiger partial charge on any atom is 0.266 e. The Balaban J connectivity index is 1.45. The third kappa shape index (κ3) is 3.48. The van der Waals surface area contributed by atoms with Gasteiger partial charge >= 0.3 is 0 Å². The van der Waals surface area contributed by atoms with Gasteiger partial charge in [0.05, 0.1) is 34.1 Å². The number of para-hydroxylation sites is 2. The minimum Gasteiger partial charge on any atom is -0.326 e. The van der Waals surface area contributed by atoms with Crippen LogP contribution in [0, 0.1) is 17.8 Å². The first kappa shape index (κ1) is 25.3. The summed E-state index contributed by atoms with van der Waals surface area (Å²) in [5.74, 6) is -1.59. The summed E-state index contributed by atoms with van der Waals surface area (Å²) in [6.45, 7) is 5.60. The summed E-state index contributed by atoms with van der Waals surface area (Å²) in [5, 5.41) is 6.94. The van der Waals surface area contributed by atoms with Crippen molar-refractivity contribution >= 4 is 40.0 Å². The van der Waals surface area contributed by atoms with Gasteiger partial charge in [-0.3, -0.25) is 29.1 Å². The predicted molar refractivity (Wildman–Crippen MR) is 155 cm³/mol. The van der Waals surface area contributed by atoms with Crippen molar-refractivity contribution in [1.82, 2.24) is 14.9 Å². The molecule has 4 aromatic rings. The number of nitrogens with one attached hydrogen (secondary N) is 2. The molecule has 0 radical (unpaired) electrons. The minimum atomic E-state index is -1.17. The second kappa shape index (κ2) is 8.94. The molecular weight excluding hydrogens is 518 g/mol. The van der Waals surface area contributed by atoms with Gasteiger partial charge in [-0.05, 0) is 54.8 Å². The van der Waals surface area contributed by atoms with E-state index in [1.807, 2.05) is 36.4 Å². The fraction of sp³-hybridized carbons (Fsp3) is 0.281. The van der Waals surface area contributed by atoms with Crippen LogP contribution in [0.25, 0.3) is 16.6 Å². The molecule has 1 aromatic heterocycles. The molecule has 41 heavy (non-hydrogen) atoms. The summed E-state index contributed by atoms with van der Waals surface area (Å²) in [7, 11) is 0. The Kier molecular flexibility index (Phi) is 5.53. The minimum absolute atomic E-state index is 0.206. The van der Waals surface area contributed by atoms with Gasteiger partial charge in [-0.2, -0.15) is 0 Å². The van der Waals surface area contributed by atoms with Crippen molar-refractivity contribution in [2.24, 2.45) is 17.8 Å².